The fraction of sp³-hybridized carbons (Fsp3) is 0.804. The van der Waals surface area contributed by atoms with E-state index in [9.17, 15) is 14.4 Å². The predicted octanol–water partition coefficient (Wildman–Crippen LogP) is 17.5. The third kappa shape index (κ3) is 48.4. The summed E-state index contributed by atoms with van der Waals surface area (Å²) in [6.45, 7) is 6.59. The molecule has 0 aliphatic rings. The summed E-state index contributed by atoms with van der Waals surface area (Å²) in [7, 11) is 0. The van der Waals surface area contributed by atoms with Gasteiger partial charge in [0, 0.05) is 19.3 Å². The lowest BCUT2D eigenvalue weighted by Gasteiger charge is -2.18. The van der Waals surface area contributed by atoms with E-state index in [4.69, 9.17) is 14.2 Å². The minimum atomic E-state index is -0.783. The molecule has 0 aromatic carbocycles. The topological polar surface area (TPSA) is 78.9 Å². The van der Waals surface area contributed by atoms with E-state index >= 15 is 0 Å². The molecule has 0 aromatic rings. The van der Waals surface area contributed by atoms with Crippen LogP contribution in [0.15, 0.2) is 48.6 Å². The Morgan fingerprint density at radius 2 is 0.581 bits per heavy atom. The summed E-state index contributed by atoms with van der Waals surface area (Å²) in [4.78, 5) is 38.0. The molecule has 0 aromatic heterocycles. The fourth-order valence-corrected chi connectivity index (χ4v) is 7.50. The SMILES string of the molecule is CCCCC/C=C\C/C=C\C/C=C\CCCCCCC(=O)OC[C@@H](COC(=O)CCCCCCCCCCCCCC)OC(=O)CCCCCCC/C=C\CCCCCCCC. The largest absolute Gasteiger partial charge is 0.462 e. The zero-order chi connectivity index (χ0) is 45.1. The van der Waals surface area contributed by atoms with E-state index in [0.717, 1.165) is 96.3 Å². The van der Waals surface area contributed by atoms with Crippen molar-refractivity contribution in [3.8, 4) is 0 Å². The number of ether oxygens (including phenoxy) is 3. The summed E-state index contributed by atoms with van der Waals surface area (Å²) in [6, 6.07) is 0. The van der Waals surface area contributed by atoms with Crippen molar-refractivity contribution in [2.75, 3.05) is 13.2 Å². The summed E-state index contributed by atoms with van der Waals surface area (Å²) in [5.74, 6) is -0.904. The standard InChI is InChI=1S/C56H100O6/c1-4-7-10-13-16-19-22-25-27-28-30-31-34-37-40-43-46-49-55(58)61-52-53(51-60-54(57)48-45-42-39-36-33-24-21-18-15-12-9-6-3)62-56(59)50-47-44-41-38-35-32-29-26-23-20-17-14-11-8-5-2/h16,19,25-27,29-31,53H,4-15,17-18,20-24,28,32-52H2,1-3H3/b19-16-,27-25-,29-26-,31-30-/t53-/m1/s1. The zero-order valence-corrected chi connectivity index (χ0v) is 41.1. The highest BCUT2D eigenvalue weighted by Gasteiger charge is 2.19. The molecule has 0 aliphatic heterocycles. The van der Waals surface area contributed by atoms with Crippen LogP contribution in [0.2, 0.25) is 0 Å². The Morgan fingerprint density at radius 3 is 0.952 bits per heavy atom. The van der Waals surface area contributed by atoms with Crippen molar-refractivity contribution in [2.45, 2.75) is 277 Å². The van der Waals surface area contributed by atoms with Crippen LogP contribution in [0.4, 0.5) is 0 Å². The van der Waals surface area contributed by atoms with Gasteiger partial charge in [0.2, 0.25) is 0 Å². The Bertz CT molecular complexity index is 1090. The molecule has 0 N–H and O–H groups in total. The number of esters is 3. The lowest BCUT2D eigenvalue weighted by atomic mass is 10.0. The molecule has 0 unspecified atom stereocenters. The highest BCUT2D eigenvalue weighted by atomic mass is 16.6. The second-order valence-corrected chi connectivity index (χ2v) is 17.8. The van der Waals surface area contributed by atoms with Gasteiger partial charge in [-0.1, -0.05) is 217 Å². The van der Waals surface area contributed by atoms with Crippen LogP contribution in [0.3, 0.4) is 0 Å². The third-order valence-electron chi connectivity index (χ3n) is 11.6. The molecule has 1 atom stereocenters. The number of unbranched alkanes of at least 4 members (excludes halogenated alkanes) is 29. The molecule has 0 saturated carbocycles. The van der Waals surface area contributed by atoms with E-state index in [1.807, 2.05) is 0 Å². The van der Waals surface area contributed by atoms with Crippen molar-refractivity contribution >= 4 is 17.9 Å². The number of carbonyl (C=O) groups is 3. The van der Waals surface area contributed by atoms with Gasteiger partial charge in [0.25, 0.3) is 0 Å². The molecule has 0 heterocycles. The Morgan fingerprint density at radius 1 is 0.323 bits per heavy atom. The number of allylic oxidation sites excluding steroid dienone is 8. The van der Waals surface area contributed by atoms with Crippen molar-refractivity contribution in [3.63, 3.8) is 0 Å². The minimum absolute atomic E-state index is 0.0814. The van der Waals surface area contributed by atoms with Crippen molar-refractivity contribution in [2.24, 2.45) is 0 Å². The predicted molar refractivity (Wildman–Crippen MR) is 265 cm³/mol. The first kappa shape index (κ1) is 59.4. The van der Waals surface area contributed by atoms with Gasteiger partial charge < -0.3 is 14.2 Å². The molecule has 0 spiro atoms. The van der Waals surface area contributed by atoms with E-state index in [2.05, 4.69) is 69.4 Å². The highest BCUT2D eigenvalue weighted by molar-refractivity contribution is 5.71. The van der Waals surface area contributed by atoms with Gasteiger partial charge in [-0.2, -0.15) is 0 Å². The quantitative estimate of drug-likeness (QED) is 0.0262. The summed E-state index contributed by atoms with van der Waals surface area (Å²) >= 11 is 0. The summed E-state index contributed by atoms with van der Waals surface area (Å²) in [5, 5.41) is 0. The van der Waals surface area contributed by atoms with E-state index in [-0.39, 0.29) is 31.1 Å². The average Bonchev–Trinajstić information content (AvgIpc) is 3.27. The molecule has 6 nitrogen and oxygen atoms in total. The van der Waals surface area contributed by atoms with Gasteiger partial charge in [0.15, 0.2) is 6.10 Å². The Labute approximate surface area is 384 Å². The first-order valence-electron chi connectivity index (χ1n) is 26.6. The lowest BCUT2D eigenvalue weighted by molar-refractivity contribution is -0.167. The smallest absolute Gasteiger partial charge is 0.306 e. The molecule has 0 bridgehead atoms. The van der Waals surface area contributed by atoms with Crippen molar-refractivity contribution < 1.29 is 28.6 Å². The molecule has 0 saturated heterocycles. The number of carbonyl (C=O) groups excluding carboxylic acids is 3. The van der Waals surface area contributed by atoms with Gasteiger partial charge in [0.05, 0.1) is 0 Å². The van der Waals surface area contributed by atoms with Crippen LogP contribution < -0.4 is 0 Å². The molecule has 6 heteroatoms. The van der Waals surface area contributed by atoms with Crippen LogP contribution in [0.1, 0.15) is 271 Å². The molecular formula is C56H100O6. The maximum atomic E-state index is 12.8. The normalized spacial score (nSPS) is 12.4. The molecule has 0 aliphatic carbocycles. The number of rotatable bonds is 48. The molecule has 0 rings (SSSR count). The molecule has 0 radical (unpaired) electrons. The van der Waals surface area contributed by atoms with Crippen LogP contribution in [0.25, 0.3) is 0 Å². The van der Waals surface area contributed by atoms with Gasteiger partial charge in [0.1, 0.15) is 13.2 Å². The van der Waals surface area contributed by atoms with Crippen LogP contribution in [-0.4, -0.2) is 37.2 Å². The highest BCUT2D eigenvalue weighted by Crippen LogP contribution is 2.15. The Kier molecular flexibility index (Phi) is 48.8. The summed E-state index contributed by atoms with van der Waals surface area (Å²) < 4.78 is 16.8. The van der Waals surface area contributed by atoms with E-state index < -0.39 is 6.10 Å². The average molecular weight is 869 g/mol. The van der Waals surface area contributed by atoms with Gasteiger partial charge in [-0.25, -0.2) is 0 Å². The van der Waals surface area contributed by atoms with E-state index in [1.165, 1.54) is 135 Å². The molecule has 0 amide bonds. The second kappa shape index (κ2) is 51.0. The number of hydrogen-bond acceptors (Lipinski definition) is 6. The third-order valence-corrected chi connectivity index (χ3v) is 11.6. The lowest BCUT2D eigenvalue weighted by Crippen LogP contribution is -2.30. The first-order valence-corrected chi connectivity index (χ1v) is 26.6. The first-order chi connectivity index (χ1) is 30.5. The van der Waals surface area contributed by atoms with Crippen LogP contribution in [0, 0.1) is 0 Å². The molecule has 360 valence electrons. The number of hydrogen-bond donors (Lipinski definition) is 0. The van der Waals surface area contributed by atoms with Gasteiger partial charge in [-0.15, -0.1) is 0 Å². The molecule has 0 fully saturated rings. The zero-order valence-electron chi connectivity index (χ0n) is 41.1. The maximum absolute atomic E-state index is 12.8. The van der Waals surface area contributed by atoms with Gasteiger partial charge >= 0.3 is 17.9 Å². The monoisotopic (exact) mass is 869 g/mol. The summed E-state index contributed by atoms with van der Waals surface area (Å²) in [6.07, 6.45) is 60.9. The van der Waals surface area contributed by atoms with E-state index in [1.54, 1.807) is 0 Å². The second-order valence-electron chi connectivity index (χ2n) is 17.8. The molecule has 62 heavy (non-hydrogen) atoms. The Hall–Kier alpha value is -2.63. The van der Waals surface area contributed by atoms with Crippen LogP contribution >= 0.6 is 0 Å². The Balaban J connectivity index is 4.41. The van der Waals surface area contributed by atoms with Crippen molar-refractivity contribution in [3.05, 3.63) is 48.6 Å². The van der Waals surface area contributed by atoms with Crippen LogP contribution in [0.5, 0.6) is 0 Å². The van der Waals surface area contributed by atoms with Gasteiger partial charge in [-0.05, 0) is 83.5 Å². The van der Waals surface area contributed by atoms with Gasteiger partial charge in [-0.3, -0.25) is 14.4 Å². The van der Waals surface area contributed by atoms with Crippen molar-refractivity contribution in [1.82, 2.24) is 0 Å². The fourth-order valence-electron chi connectivity index (χ4n) is 7.50. The molecular weight excluding hydrogens is 769 g/mol. The van der Waals surface area contributed by atoms with Crippen molar-refractivity contribution in [1.29, 1.82) is 0 Å². The van der Waals surface area contributed by atoms with E-state index in [0.29, 0.717) is 19.3 Å². The minimum Gasteiger partial charge on any atom is -0.462 e. The summed E-state index contributed by atoms with van der Waals surface area (Å²) in [5.41, 5.74) is 0. The maximum Gasteiger partial charge on any atom is 0.306 e. The van der Waals surface area contributed by atoms with Crippen LogP contribution in [-0.2, 0) is 28.6 Å².